The maximum absolute atomic E-state index is 10.3. The fourth-order valence-corrected chi connectivity index (χ4v) is 1.16. The smallest absolute Gasteiger partial charge is 0.303 e. The quantitative estimate of drug-likeness (QED) is 0.747. The lowest BCUT2D eigenvalue weighted by molar-refractivity contribution is -0.137. The first-order valence-corrected chi connectivity index (χ1v) is 4.56. The van der Waals surface area contributed by atoms with Crippen LogP contribution in [0.2, 0.25) is 5.15 Å². The van der Waals surface area contributed by atoms with E-state index in [4.69, 9.17) is 22.4 Å². The highest BCUT2D eigenvalue weighted by Gasteiger charge is 2.08. The first kappa shape index (κ1) is 10.9. The largest absolute Gasteiger partial charge is 0.481 e. The molecule has 0 radical (unpaired) electrons. The molecule has 5 heteroatoms. The summed E-state index contributed by atoms with van der Waals surface area (Å²) in [6, 6.07) is 3.09. The Morgan fingerprint density at radius 2 is 2.36 bits per heavy atom. The van der Waals surface area contributed by atoms with Crippen molar-refractivity contribution in [2.24, 2.45) is 5.73 Å². The average Bonchev–Trinajstić information content (AvgIpc) is 2.15. The number of hydrogen-bond acceptors (Lipinski definition) is 3. The van der Waals surface area contributed by atoms with Gasteiger partial charge < -0.3 is 10.8 Å². The number of halogens is 1. The first-order valence-electron chi connectivity index (χ1n) is 4.18. The molecule has 14 heavy (non-hydrogen) atoms. The van der Waals surface area contributed by atoms with Crippen molar-refractivity contribution in [3.63, 3.8) is 0 Å². The Bertz CT molecular complexity index is 313. The van der Waals surface area contributed by atoms with Crippen molar-refractivity contribution in [3.05, 3.63) is 29.0 Å². The average molecular weight is 215 g/mol. The summed E-state index contributed by atoms with van der Waals surface area (Å²) >= 11 is 5.60. The minimum absolute atomic E-state index is 0.0593. The maximum Gasteiger partial charge on any atom is 0.303 e. The molecule has 0 aromatic carbocycles. The Morgan fingerprint density at radius 1 is 1.64 bits per heavy atom. The molecule has 0 aliphatic heterocycles. The number of carboxylic acid groups (broad SMARTS) is 1. The molecule has 1 aromatic heterocycles. The maximum atomic E-state index is 10.3. The van der Waals surface area contributed by atoms with Gasteiger partial charge in [-0.25, -0.2) is 4.98 Å². The molecule has 3 N–H and O–H groups in total. The van der Waals surface area contributed by atoms with Gasteiger partial charge in [0.15, 0.2) is 0 Å². The molecule has 0 aliphatic carbocycles. The van der Waals surface area contributed by atoms with Gasteiger partial charge in [-0.05, 0) is 18.1 Å². The number of aliphatic carboxylic acids is 1. The van der Waals surface area contributed by atoms with Crippen LogP contribution < -0.4 is 5.73 Å². The molecule has 1 unspecified atom stereocenters. The molecular weight excluding hydrogens is 204 g/mol. The van der Waals surface area contributed by atoms with Gasteiger partial charge in [0.05, 0.1) is 0 Å². The highest BCUT2D eigenvalue weighted by atomic mass is 35.5. The van der Waals surface area contributed by atoms with Crippen molar-refractivity contribution in [1.82, 2.24) is 4.98 Å². The van der Waals surface area contributed by atoms with Gasteiger partial charge in [-0.2, -0.15) is 0 Å². The van der Waals surface area contributed by atoms with Crippen LogP contribution in [0.4, 0.5) is 0 Å². The molecule has 1 heterocycles. The van der Waals surface area contributed by atoms with Crippen molar-refractivity contribution < 1.29 is 9.90 Å². The van der Waals surface area contributed by atoms with E-state index in [9.17, 15) is 4.79 Å². The minimum atomic E-state index is -0.845. The van der Waals surface area contributed by atoms with Crippen LogP contribution in [-0.4, -0.2) is 16.1 Å². The number of pyridine rings is 1. The Hall–Kier alpha value is -1.13. The van der Waals surface area contributed by atoms with Crippen LogP contribution in [0.15, 0.2) is 18.3 Å². The second kappa shape index (κ2) is 4.93. The summed E-state index contributed by atoms with van der Waals surface area (Å²) in [5.74, 6) is -0.845. The molecule has 1 aromatic rings. The first-order chi connectivity index (χ1) is 6.59. The fourth-order valence-electron chi connectivity index (χ4n) is 1.05. The lowest BCUT2D eigenvalue weighted by Gasteiger charge is -2.09. The third-order valence-electron chi connectivity index (χ3n) is 1.85. The van der Waals surface area contributed by atoms with Crippen LogP contribution in [0.1, 0.15) is 24.4 Å². The van der Waals surface area contributed by atoms with E-state index >= 15 is 0 Å². The second-order valence-electron chi connectivity index (χ2n) is 2.95. The second-order valence-corrected chi connectivity index (χ2v) is 3.34. The standard InChI is InChI=1S/C9H11ClN2O2/c10-8-3-1-6(5-12-8)7(11)2-4-9(13)14/h1,3,5,7H,2,4,11H2,(H,13,14). The molecule has 0 fully saturated rings. The topological polar surface area (TPSA) is 76.2 Å². The van der Waals surface area contributed by atoms with E-state index in [0.717, 1.165) is 5.56 Å². The van der Waals surface area contributed by atoms with Crippen molar-refractivity contribution in [1.29, 1.82) is 0 Å². The number of carbonyl (C=O) groups is 1. The summed E-state index contributed by atoms with van der Waals surface area (Å²) in [6.45, 7) is 0. The van der Waals surface area contributed by atoms with E-state index in [1.54, 1.807) is 18.3 Å². The Kier molecular flexibility index (Phi) is 3.85. The van der Waals surface area contributed by atoms with Crippen LogP contribution in [0.25, 0.3) is 0 Å². The zero-order valence-corrected chi connectivity index (χ0v) is 8.24. The van der Waals surface area contributed by atoms with Gasteiger partial charge in [-0.1, -0.05) is 17.7 Å². The van der Waals surface area contributed by atoms with E-state index in [1.165, 1.54) is 0 Å². The van der Waals surface area contributed by atoms with E-state index in [-0.39, 0.29) is 12.5 Å². The summed E-state index contributed by atoms with van der Waals surface area (Å²) in [4.78, 5) is 14.2. The molecule has 1 rings (SSSR count). The lowest BCUT2D eigenvalue weighted by Crippen LogP contribution is -2.12. The fraction of sp³-hybridized carbons (Fsp3) is 0.333. The Labute approximate surface area is 86.7 Å². The van der Waals surface area contributed by atoms with Crippen LogP contribution in [0.3, 0.4) is 0 Å². The monoisotopic (exact) mass is 214 g/mol. The molecule has 0 saturated heterocycles. The van der Waals surface area contributed by atoms with Crippen LogP contribution in [0, 0.1) is 0 Å². The summed E-state index contributed by atoms with van der Waals surface area (Å²) in [7, 11) is 0. The van der Waals surface area contributed by atoms with Gasteiger partial charge in [0, 0.05) is 18.7 Å². The van der Waals surface area contributed by atoms with Gasteiger partial charge in [0.2, 0.25) is 0 Å². The molecule has 0 bridgehead atoms. The number of nitrogens with two attached hydrogens (primary N) is 1. The molecule has 0 amide bonds. The summed E-state index contributed by atoms with van der Waals surface area (Å²) in [5.41, 5.74) is 6.55. The normalized spacial score (nSPS) is 12.4. The molecular formula is C9H11ClN2O2. The van der Waals surface area contributed by atoms with Gasteiger partial charge in [-0.3, -0.25) is 4.79 Å². The summed E-state index contributed by atoms with van der Waals surface area (Å²) in [6.07, 6.45) is 2.03. The van der Waals surface area contributed by atoms with Crippen LogP contribution >= 0.6 is 11.6 Å². The third-order valence-corrected chi connectivity index (χ3v) is 2.07. The van der Waals surface area contributed by atoms with Crippen molar-refractivity contribution >= 4 is 17.6 Å². The van der Waals surface area contributed by atoms with E-state index < -0.39 is 5.97 Å². The van der Waals surface area contributed by atoms with Gasteiger partial charge >= 0.3 is 5.97 Å². The number of rotatable bonds is 4. The number of nitrogens with zero attached hydrogens (tertiary/aromatic N) is 1. The van der Waals surface area contributed by atoms with Crippen LogP contribution in [-0.2, 0) is 4.79 Å². The van der Waals surface area contributed by atoms with Gasteiger partial charge in [0.25, 0.3) is 0 Å². The SMILES string of the molecule is NC(CCC(=O)O)c1ccc(Cl)nc1. The van der Waals surface area contributed by atoms with Crippen molar-refractivity contribution in [3.8, 4) is 0 Å². The Balaban J connectivity index is 2.56. The molecule has 4 nitrogen and oxygen atoms in total. The third kappa shape index (κ3) is 3.32. The molecule has 0 aliphatic rings. The van der Waals surface area contributed by atoms with Gasteiger partial charge in [-0.15, -0.1) is 0 Å². The zero-order valence-electron chi connectivity index (χ0n) is 7.48. The van der Waals surface area contributed by atoms with Crippen molar-refractivity contribution in [2.45, 2.75) is 18.9 Å². The highest BCUT2D eigenvalue weighted by Crippen LogP contribution is 2.16. The van der Waals surface area contributed by atoms with Crippen molar-refractivity contribution in [2.75, 3.05) is 0 Å². The Morgan fingerprint density at radius 3 is 2.86 bits per heavy atom. The van der Waals surface area contributed by atoms with Gasteiger partial charge in [0.1, 0.15) is 5.15 Å². The van der Waals surface area contributed by atoms with Crippen LogP contribution in [0.5, 0.6) is 0 Å². The number of carboxylic acids is 1. The summed E-state index contributed by atoms with van der Waals surface area (Å²) < 4.78 is 0. The molecule has 1 atom stereocenters. The molecule has 0 spiro atoms. The lowest BCUT2D eigenvalue weighted by atomic mass is 10.1. The predicted molar refractivity (Wildman–Crippen MR) is 53.0 cm³/mol. The summed E-state index contributed by atoms with van der Waals surface area (Å²) in [5, 5.41) is 8.86. The number of aromatic nitrogens is 1. The zero-order chi connectivity index (χ0) is 10.6. The highest BCUT2D eigenvalue weighted by molar-refractivity contribution is 6.29. The molecule has 76 valence electrons. The molecule has 0 saturated carbocycles. The number of hydrogen-bond donors (Lipinski definition) is 2. The van der Waals surface area contributed by atoms with E-state index in [0.29, 0.717) is 11.6 Å². The predicted octanol–water partition coefficient (Wildman–Crippen LogP) is 1.60. The minimum Gasteiger partial charge on any atom is -0.481 e. The van der Waals surface area contributed by atoms with E-state index in [2.05, 4.69) is 4.98 Å². The van der Waals surface area contributed by atoms with E-state index in [1.807, 2.05) is 0 Å².